The van der Waals surface area contributed by atoms with Crippen molar-refractivity contribution in [3.63, 3.8) is 0 Å². The monoisotopic (exact) mass is 247 g/mol. The molecule has 5 heteroatoms. The molecule has 0 bridgehead atoms. The Hall–Kier alpha value is -0.650. The van der Waals surface area contributed by atoms with Crippen LogP contribution in [-0.4, -0.2) is 47.6 Å². The van der Waals surface area contributed by atoms with Gasteiger partial charge in [0.15, 0.2) is 0 Å². The van der Waals surface area contributed by atoms with Gasteiger partial charge in [-0.1, -0.05) is 13.3 Å². The van der Waals surface area contributed by atoms with Crippen molar-refractivity contribution < 1.29 is 20.1 Å². The molecule has 1 aliphatic rings. The van der Waals surface area contributed by atoms with Crippen molar-refractivity contribution in [2.24, 2.45) is 5.41 Å². The van der Waals surface area contributed by atoms with Gasteiger partial charge in [-0.15, -0.1) is 0 Å². The van der Waals surface area contributed by atoms with Crippen molar-refractivity contribution >= 4 is 5.91 Å². The third kappa shape index (κ3) is 6.61. The lowest BCUT2D eigenvalue weighted by Crippen LogP contribution is -2.32. The van der Waals surface area contributed by atoms with E-state index in [0.717, 1.165) is 25.8 Å². The van der Waals surface area contributed by atoms with Gasteiger partial charge in [-0.05, 0) is 19.3 Å². The standard InChI is InChI=1S/C6H11NO.C6H14O3/c8-6-4-2-1-3-5-7-6;1-2-6(3-7,4-8)5-9/h1-5H2,(H,7,8);7-9H,2-5H2,1H3. The molecule has 0 aromatic rings. The second-order valence-electron chi connectivity index (χ2n) is 4.49. The highest BCUT2D eigenvalue weighted by Crippen LogP contribution is 2.18. The van der Waals surface area contributed by atoms with Crippen molar-refractivity contribution in [3.05, 3.63) is 0 Å². The van der Waals surface area contributed by atoms with Gasteiger partial charge in [0, 0.05) is 18.4 Å². The maximum Gasteiger partial charge on any atom is 0.219 e. The highest BCUT2D eigenvalue weighted by Gasteiger charge is 2.24. The minimum absolute atomic E-state index is 0.156. The van der Waals surface area contributed by atoms with Gasteiger partial charge in [-0.25, -0.2) is 0 Å². The van der Waals surface area contributed by atoms with Crippen LogP contribution in [-0.2, 0) is 4.79 Å². The lowest BCUT2D eigenvalue weighted by Gasteiger charge is -2.24. The second-order valence-corrected chi connectivity index (χ2v) is 4.49. The molecule has 0 radical (unpaired) electrons. The summed E-state index contributed by atoms with van der Waals surface area (Å²) in [6, 6.07) is 0. The van der Waals surface area contributed by atoms with Crippen molar-refractivity contribution in [2.45, 2.75) is 39.0 Å². The van der Waals surface area contributed by atoms with Crippen molar-refractivity contribution in [3.8, 4) is 0 Å². The van der Waals surface area contributed by atoms with Gasteiger partial charge in [0.1, 0.15) is 0 Å². The molecule has 0 aliphatic carbocycles. The molecule has 4 N–H and O–H groups in total. The smallest absolute Gasteiger partial charge is 0.219 e. The topological polar surface area (TPSA) is 89.8 Å². The molecule has 0 aromatic heterocycles. The Morgan fingerprint density at radius 3 is 2.12 bits per heavy atom. The molecule has 1 fully saturated rings. The van der Waals surface area contributed by atoms with Gasteiger partial charge in [-0.3, -0.25) is 4.79 Å². The van der Waals surface area contributed by atoms with E-state index in [1.165, 1.54) is 6.42 Å². The average molecular weight is 247 g/mol. The van der Waals surface area contributed by atoms with E-state index in [9.17, 15) is 4.79 Å². The molecule has 1 saturated heterocycles. The fraction of sp³-hybridized carbons (Fsp3) is 0.917. The zero-order valence-electron chi connectivity index (χ0n) is 10.6. The normalized spacial score (nSPS) is 16.6. The predicted octanol–water partition coefficient (Wildman–Crippen LogP) is 0.0363. The van der Waals surface area contributed by atoms with Crippen LogP contribution in [0, 0.1) is 5.41 Å². The van der Waals surface area contributed by atoms with E-state index in [4.69, 9.17) is 15.3 Å². The fourth-order valence-electron chi connectivity index (χ4n) is 1.39. The van der Waals surface area contributed by atoms with Gasteiger partial charge in [-0.2, -0.15) is 0 Å². The summed E-state index contributed by atoms with van der Waals surface area (Å²) >= 11 is 0. The first kappa shape index (κ1) is 16.4. The van der Waals surface area contributed by atoms with Gasteiger partial charge in [0.2, 0.25) is 5.91 Å². The number of hydrogen-bond donors (Lipinski definition) is 4. The fourth-order valence-corrected chi connectivity index (χ4v) is 1.39. The van der Waals surface area contributed by atoms with Gasteiger partial charge < -0.3 is 20.6 Å². The summed E-state index contributed by atoms with van der Waals surface area (Å²) in [7, 11) is 0. The number of aliphatic hydroxyl groups excluding tert-OH is 3. The highest BCUT2D eigenvalue weighted by molar-refractivity contribution is 5.75. The molecule has 1 aliphatic heterocycles. The number of amides is 1. The molecule has 0 aromatic carbocycles. The Labute approximate surface area is 103 Å². The molecule has 0 atom stereocenters. The van der Waals surface area contributed by atoms with E-state index < -0.39 is 5.41 Å². The highest BCUT2D eigenvalue weighted by atomic mass is 16.3. The molecule has 0 spiro atoms. The SMILES string of the molecule is CCC(CO)(CO)CO.O=C1CCCCCN1. The van der Waals surface area contributed by atoms with E-state index in [1.54, 1.807) is 0 Å². The predicted molar refractivity (Wildman–Crippen MR) is 65.5 cm³/mol. The summed E-state index contributed by atoms with van der Waals surface area (Å²) in [5.74, 6) is 0.225. The molecule has 0 saturated carbocycles. The van der Waals surface area contributed by atoms with E-state index >= 15 is 0 Å². The molecule has 1 rings (SSSR count). The molecule has 102 valence electrons. The molecular formula is C12H25NO4. The Balaban J connectivity index is 0.000000302. The average Bonchev–Trinajstić information content (AvgIpc) is 2.61. The number of aliphatic hydroxyl groups is 3. The van der Waals surface area contributed by atoms with Crippen molar-refractivity contribution in [2.75, 3.05) is 26.4 Å². The zero-order valence-corrected chi connectivity index (χ0v) is 10.6. The Morgan fingerprint density at radius 2 is 1.71 bits per heavy atom. The molecule has 17 heavy (non-hydrogen) atoms. The summed E-state index contributed by atoms with van der Waals surface area (Å²) in [5.41, 5.74) is -0.667. The van der Waals surface area contributed by atoms with E-state index in [2.05, 4.69) is 5.32 Å². The number of nitrogens with one attached hydrogen (secondary N) is 1. The van der Waals surface area contributed by atoms with Gasteiger partial charge in [0.25, 0.3) is 0 Å². The Morgan fingerprint density at radius 1 is 1.12 bits per heavy atom. The second kappa shape index (κ2) is 9.39. The maximum absolute atomic E-state index is 10.6. The largest absolute Gasteiger partial charge is 0.396 e. The number of carbonyl (C=O) groups excluding carboxylic acids is 1. The van der Waals surface area contributed by atoms with E-state index in [1.807, 2.05) is 6.92 Å². The van der Waals surface area contributed by atoms with E-state index in [0.29, 0.717) is 6.42 Å². The van der Waals surface area contributed by atoms with Crippen LogP contribution in [0.25, 0.3) is 0 Å². The number of rotatable bonds is 4. The van der Waals surface area contributed by atoms with Crippen LogP contribution >= 0.6 is 0 Å². The molecule has 1 amide bonds. The summed E-state index contributed by atoms with van der Waals surface area (Å²) in [6.07, 6.45) is 4.77. The minimum atomic E-state index is -0.667. The van der Waals surface area contributed by atoms with Gasteiger partial charge in [0.05, 0.1) is 19.8 Å². The minimum Gasteiger partial charge on any atom is -0.396 e. The van der Waals surface area contributed by atoms with Gasteiger partial charge >= 0.3 is 0 Å². The summed E-state index contributed by atoms with van der Waals surface area (Å²) < 4.78 is 0. The van der Waals surface area contributed by atoms with Crippen LogP contribution in [0.3, 0.4) is 0 Å². The van der Waals surface area contributed by atoms with Crippen LogP contribution in [0.15, 0.2) is 0 Å². The lowest BCUT2D eigenvalue weighted by molar-refractivity contribution is -0.120. The summed E-state index contributed by atoms with van der Waals surface area (Å²) in [5, 5.41) is 28.8. The van der Waals surface area contributed by atoms with E-state index in [-0.39, 0.29) is 25.7 Å². The molecule has 0 unspecified atom stereocenters. The first-order valence-electron chi connectivity index (χ1n) is 6.23. The maximum atomic E-state index is 10.6. The number of hydrogen-bond acceptors (Lipinski definition) is 4. The Kier molecular flexibility index (Phi) is 9.03. The number of carbonyl (C=O) groups is 1. The van der Waals surface area contributed by atoms with Crippen LogP contribution in [0.1, 0.15) is 39.0 Å². The lowest BCUT2D eigenvalue weighted by atomic mass is 9.88. The van der Waals surface area contributed by atoms with Crippen LogP contribution in [0.2, 0.25) is 0 Å². The molecule has 5 nitrogen and oxygen atoms in total. The molecular weight excluding hydrogens is 222 g/mol. The first-order valence-corrected chi connectivity index (χ1v) is 6.23. The Bertz CT molecular complexity index is 177. The first-order chi connectivity index (χ1) is 8.14. The quantitative estimate of drug-likeness (QED) is 0.564. The van der Waals surface area contributed by atoms with Crippen molar-refractivity contribution in [1.82, 2.24) is 5.32 Å². The molecule has 1 heterocycles. The summed E-state index contributed by atoms with van der Waals surface area (Å²) in [6.45, 7) is 2.24. The zero-order chi connectivity index (χ0) is 13.1. The third-order valence-corrected chi connectivity index (χ3v) is 3.16. The summed E-state index contributed by atoms with van der Waals surface area (Å²) in [4.78, 5) is 10.6. The van der Waals surface area contributed by atoms with Crippen LogP contribution in [0.4, 0.5) is 0 Å². The third-order valence-electron chi connectivity index (χ3n) is 3.16. The van der Waals surface area contributed by atoms with Crippen LogP contribution in [0.5, 0.6) is 0 Å². The van der Waals surface area contributed by atoms with Crippen molar-refractivity contribution in [1.29, 1.82) is 0 Å². The van der Waals surface area contributed by atoms with Crippen LogP contribution < -0.4 is 5.32 Å².